The molecular weight excluding hydrogens is 402 g/mol. The molecule has 0 radical (unpaired) electrons. The zero-order valence-corrected chi connectivity index (χ0v) is 18.5. The molecule has 1 amide bonds. The summed E-state index contributed by atoms with van der Waals surface area (Å²) < 4.78 is 29.3. The standard InChI is InChI=1S/C21H33N5O3S/c27-21(20(23-10-4-5-11-23)19-8-6-9-22-18-19)24-12-7-15-26(17-16-24)30(28,29)25-13-2-1-3-14-25/h6,8-9,18,20H,1-5,7,10-17H2. The van der Waals surface area contributed by atoms with Gasteiger partial charge < -0.3 is 4.90 Å². The SMILES string of the molecule is O=C(C(c1cccnc1)N1CCCC1)N1CCCN(S(=O)(=O)N2CCCCC2)CC1. The van der Waals surface area contributed by atoms with Crippen LogP contribution < -0.4 is 0 Å². The molecule has 0 spiro atoms. The first-order valence-electron chi connectivity index (χ1n) is 11.3. The van der Waals surface area contributed by atoms with Crippen molar-refractivity contribution in [3.8, 4) is 0 Å². The number of amides is 1. The minimum absolute atomic E-state index is 0.0714. The number of hydrogen-bond acceptors (Lipinski definition) is 5. The van der Waals surface area contributed by atoms with Crippen LogP contribution in [0.1, 0.15) is 50.1 Å². The number of likely N-dealkylation sites (tertiary alicyclic amines) is 1. The molecule has 4 heterocycles. The van der Waals surface area contributed by atoms with E-state index in [1.54, 1.807) is 21.0 Å². The van der Waals surface area contributed by atoms with E-state index in [1.807, 2.05) is 17.0 Å². The highest BCUT2D eigenvalue weighted by atomic mass is 32.2. The van der Waals surface area contributed by atoms with E-state index in [0.717, 1.165) is 50.8 Å². The molecule has 0 bridgehead atoms. The van der Waals surface area contributed by atoms with Crippen molar-refractivity contribution in [1.82, 2.24) is 23.4 Å². The Morgan fingerprint density at radius 1 is 0.833 bits per heavy atom. The topological polar surface area (TPSA) is 77.1 Å². The van der Waals surface area contributed by atoms with E-state index in [-0.39, 0.29) is 11.9 Å². The number of carbonyl (C=O) groups is 1. The Bertz CT molecular complexity index is 807. The number of piperidine rings is 1. The summed E-state index contributed by atoms with van der Waals surface area (Å²) in [5.74, 6) is 0.0714. The molecule has 3 aliphatic heterocycles. The summed E-state index contributed by atoms with van der Waals surface area (Å²) in [6.07, 6.45) is 9.34. The second kappa shape index (κ2) is 9.72. The van der Waals surface area contributed by atoms with E-state index in [2.05, 4.69) is 9.88 Å². The summed E-state index contributed by atoms with van der Waals surface area (Å²) in [5, 5.41) is 0. The molecule has 30 heavy (non-hydrogen) atoms. The highest BCUT2D eigenvalue weighted by molar-refractivity contribution is 7.86. The van der Waals surface area contributed by atoms with Crippen LogP contribution in [0.5, 0.6) is 0 Å². The molecule has 4 rings (SSSR count). The van der Waals surface area contributed by atoms with Gasteiger partial charge in [-0.1, -0.05) is 12.5 Å². The summed E-state index contributed by atoms with van der Waals surface area (Å²) in [5.41, 5.74) is 0.923. The molecular formula is C21H33N5O3S. The molecule has 3 aliphatic rings. The number of pyridine rings is 1. The molecule has 3 saturated heterocycles. The lowest BCUT2D eigenvalue weighted by Gasteiger charge is -2.33. The van der Waals surface area contributed by atoms with Crippen molar-refractivity contribution in [2.24, 2.45) is 0 Å². The van der Waals surface area contributed by atoms with Crippen molar-refractivity contribution in [2.75, 3.05) is 52.4 Å². The van der Waals surface area contributed by atoms with E-state index in [9.17, 15) is 13.2 Å². The summed E-state index contributed by atoms with van der Waals surface area (Å²) in [7, 11) is -3.44. The van der Waals surface area contributed by atoms with Crippen molar-refractivity contribution < 1.29 is 13.2 Å². The van der Waals surface area contributed by atoms with Crippen LogP contribution in [-0.2, 0) is 15.0 Å². The number of nitrogens with zero attached hydrogens (tertiary/aromatic N) is 5. The van der Waals surface area contributed by atoms with Crippen LogP contribution in [0.25, 0.3) is 0 Å². The molecule has 3 fully saturated rings. The highest BCUT2D eigenvalue weighted by Gasteiger charge is 2.36. The fourth-order valence-electron chi connectivity index (χ4n) is 4.82. The predicted molar refractivity (Wildman–Crippen MR) is 115 cm³/mol. The van der Waals surface area contributed by atoms with Gasteiger partial charge in [0.15, 0.2) is 0 Å². The van der Waals surface area contributed by atoms with Crippen LogP contribution >= 0.6 is 0 Å². The quantitative estimate of drug-likeness (QED) is 0.700. The Kier molecular flexibility index (Phi) is 7.02. The smallest absolute Gasteiger partial charge is 0.282 e. The van der Waals surface area contributed by atoms with Gasteiger partial charge in [0, 0.05) is 51.7 Å². The fourth-order valence-corrected chi connectivity index (χ4v) is 6.54. The molecule has 1 aromatic rings. The molecule has 1 atom stereocenters. The second-order valence-electron chi connectivity index (χ2n) is 8.48. The number of aromatic nitrogens is 1. The molecule has 9 heteroatoms. The van der Waals surface area contributed by atoms with E-state index in [0.29, 0.717) is 45.7 Å². The largest absolute Gasteiger partial charge is 0.340 e. The zero-order chi connectivity index (χ0) is 21.0. The second-order valence-corrected chi connectivity index (χ2v) is 10.4. The first-order valence-corrected chi connectivity index (χ1v) is 12.6. The lowest BCUT2D eigenvalue weighted by atomic mass is 10.1. The first kappa shape index (κ1) is 21.7. The minimum atomic E-state index is -3.44. The Hall–Kier alpha value is -1.55. The average Bonchev–Trinajstić information content (AvgIpc) is 3.17. The van der Waals surface area contributed by atoms with E-state index in [4.69, 9.17) is 0 Å². The average molecular weight is 436 g/mol. The maximum absolute atomic E-state index is 13.6. The Balaban J connectivity index is 1.46. The van der Waals surface area contributed by atoms with E-state index >= 15 is 0 Å². The third-order valence-electron chi connectivity index (χ3n) is 6.47. The zero-order valence-electron chi connectivity index (χ0n) is 17.7. The van der Waals surface area contributed by atoms with Gasteiger partial charge in [-0.05, 0) is 56.8 Å². The predicted octanol–water partition coefficient (Wildman–Crippen LogP) is 1.48. The lowest BCUT2D eigenvalue weighted by Crippen LogP contribution is -2.48. The van der Waals surface area contributed by atoms with Gasteiger partial charge in [0.2, 0.25) is 5.91 Å². The van der Waals surface area contributed by atoms with Crippen LogP contribution in [0, 0.1) is 0 Å². The Morgan fingerprint density at radius 3 is 2.20 bits per heavy atom. The van der Waals surface area contributed by atoms with Gasteiger partial charge in [0.1, 0.15) is 6.04 Å². The third kappa shape index (κ3) is 4.69. The van der Waals surface area contributed by atoms with Crippen LogP contribution in [0.4, 0.5) is 0 Å². The van der Waals surface area contributed by atoms with Gasteiger partial charge in [-0.3, -0.25) is 14.7 Å². The molecule has 0 saturated carbocycles. The third-order valence-corrected chi connectivity index (χ3v) is 8.51. The Labute approximate surface area is 180 Å². The van der Waals surface area contributed by atoms with Crippen LogP contribution in [0.3, 0.4) is 0 Å². The monoisotopic (exact) mass is 435 g/mol. The van der Waals surface area contributed by atoms with Gasteiger partial charge in [0.25, 0.3) is 10.2 Å². The van der Waals surface area contributed by atoms with E-state index in [1.165, 1.54) is 0 Å². The van der Waals surface area contributed by atoms with Crippen molar-refractivity contribution in [3.63, 3.8) is 0 Å². The fraction of sp³-hybridized carbons (Fsp3) is 0.714. The normalized spacial score (nSPS) is 23.9. The maximum atomic E-state index is 13.6. The van der Waals surface area contributed by atoms with Crippen molar-refractivity contribution in [1.29, 1.82) is 0 Å². The summed E-state index contributed by atoms with van der Waals surface area (Å²) >= 11 is 0. The highest BCUT2D eigenvalue weighted by Crippen LogP contribution is 2.27. The maximum Gasteiger partial charge on any atom is 0.282 e. The Morgan fingerprint density at radius 2 is 1.50 bits per heavy atom. The number of carbonyl (C=O) groups excluding carboxylic acids is 1. The van der Waals surface area contributed by atoms with Gasteiger partial charge in [-0.25, -0.2) is 0 Å². The first-order chi connectivity index (χ1) is 14.6. The van der Waals surface area contributed by atoms with Crippen LogP contribution in [-0.4, -0.2) is 90.1 Å². The molecule has 0 N–H and O–H groups in total. The molecule has 1 aromatic heterocycles. The van der Waals surface area contributed by atoms with Gasteiger partial charge in [0.05, 0.1) is 0 Å². The summed E-state index contributed by atoms with van der Waals surface area (Å²) in [6, 6.07) is 3.52. The summed E-state index contributed by atoms with van der Waals surface area (Å²) in [6.45, 7) is 4.92. The van der Waals surface area contributed by atoms with E-state index < -0.39 is 10.2 Å². The van der Waals surface area contributed by atoms with Crippen LogP contribution in [0.2, 0.25) is 0 Å². The molecule has 0 aromatic carbocycles. The molecule has 0 aliphatic carbocycles. The lowest BCUT2D eigenvalue weighted by molar-refractivity contribution is -0.136. The van der Waals surface area contributed by atoms with Crippen molar-refractivity contribution >= 4 is 16.1 Å². The van der Waals surface area contributed by atoms with Gasteiger partial charge in [-0.15, -0.1) is 0 Å². The minimum Gasteiger partial charge on any atom is -0.340 e. The number of rotatable bonds is 5. The summed E-state index contributed by atoms with van der Waals surface area (Å²) in [4.78, 5) is 21.9. The van der Waals surface area contributed by atoms with Crippen molar-refractivity contribution in [3.05, 3.63) is 30.1 Å². The molecule has 8 nitrogen and oxygen atoms in total. The van der Waals surface area contributed by atoms with Gasteiger partial charge in [-0.2, -0.15) is 17.0 Å². The molecule has 1 unspecified atom stereocenters. The molecule has 166 valence electrons. The van der Waals surface area contributed by atoms with Crippen molar-refractivity contribution in [2.45, 2.75) is 44.6 Å². The van der Waals surface area contributed by atoms with Gasteiger partial charge >= 0.3 is 0 Å². The van der Waals surface area contributed by atoms with Crippen LogP contribution in [0.15, 0.2) is 24.5 Å². The number of hydrogen-bond donors (Lipinski definition) is 0.